The number of ether oxygens (including phenoxy) is 6. The van der Waals surface area contributed by atoms with Crippen LogP contribution in [-0.2, 0) is 42.8 Å². The predicted octanol–water partition coefficient (Wildman–Crippen LogP) is -0.962. The second kappa shape index (κ2) is 10.8. The lowest BCUT2D eigenvalue weighted by Gasteiger charge is -2.59. The SMILES string of the molecule is CC(=O)OC[C@]12C[C@H](OC(=O)CC(C)C)C(C)=C[C@H]1O[C@@H]1[C@H](O)[C@@H](O[C@@H]3O[C@H](C(=O)O)[C@@H](O)[C@H](O)[C@H]3O)[C@@]2(C)[C@]12CO2. The van der Waals surface area contributed by atoms with Gasteiger partial charge in [-0.15, -0.1) is 0 Å². The van der Waals surface area contributed by atoms with Crippen LogP contribution in [0.3, 0.4) is 0 Å². The number of fused-ring (bicyclic) bond motifs is 2. The number of hydrogen-bond donors (Lipinski definition) is 5. The van der Waals surface area contributed by atoms with Crippen molar-refractivity contribution in [3.63, 3.8) is 0 Å². The number of carboxylic acid groups (broad SMARTS) is 1. The zero-order valence-electron chi connectivity index (χ0n) is 24.2. The number of aliphatic hydroxyl groups is 4. The van der Waals surface area contributed by atoms with Crippen LogP contribution < -0.4 is 0 Å². The van der Waals surface area contributed by atoms with E-state index < -0.39 is 95.6 Å². The molecule has 2 bridgehead atoms. The fourth-order valence-electron chi connectivity index (χ4n) is 7.42. The molecule has 14 nitrogen and oxygen atoms in total. The minimum atomic E-state index is -1.94. The van der Waals surface area contributed by atoms with Crippen LogP contribution in [0.25, 0.3) is 0 Å². The fourth-order valence-corrected chi connectivity index (χ4v) is 7.42. The number of aliphatic carboxylic acids is 1. The highest BCUT2D eigenvalue weighted by atomic mass is 16.7. The smallest absolute Gasteiger partial charge is 0.335 e. The van der Waals surface area contributed by atoms with Gasteiger partial charge < -0.3 is 54.0 Å². The van der Waals surface area contributed by atoms with Gasteiger partial charge in [-0.05, 0) is 18.4 Å². The Balaban J connectivity index is 1.56. The van der Waals surface area contributed by atoms with Crippen molar-refractivity contribution < 1.29 is 68.3 Å². The van der Waals surface area contributed by atoms with Crippen LogP contribution in [0.15, 0.2) is 11.6 Å². The van der Waals surface area contributed by atoms with E-state index in [1.165, 1.54) is 6.92 Å². The van der Waals surface area contributed by atoms with Gasteiger partial charge in [0, 0.05) is 30.6 Å². The maximum absolute atomic E-state index is 12.7. The zero-order valence-corrected chi connectivity index (χ0v) is 24.2. The molecule has 236 valence electrons. The number of rotatable bonds is 8. The first-order valence-electron chi connectivity index (χ1n) is 14.2. The van der Waals surface area contributed by atoms with Gasteiger partial charge in [-0.25, -0.2) is 4.79 Å². The molecule has 3 saturated heterocycles. The normalized spacial score (nSPS) is 47.5. The Hall–Kier alpha value is -2.17. The summed E-state index contributed by atoms with van der Waals surface area (Å²) in [6.07, 6.45) is -12.4. The molecule has 42 heavy (non-hydrogen) atoms. The Kier molecular flexibility index (Phi) is 8.02. The van der Waals surface area contributed by atoms with Crippen molar-refractivity contribution in [3.8, 4) is 0 Å². The molecule has 3 heterocycles. The number of epoxide rings is 1. The van der Waals surface area contributed by atoms with Gasteiger partial charge in [0.15, 0.2) is 12.4 Å². The molecule has 0 aromatic carbocycles. The Morgan fingerprint density at radius 1 is 1.07 bits per heavy atom. The van der Waals surface area contributed by atoms with Crippen LogP contribution in [-0.4, -0.2) is 123 Å². The summed E-state index contributed by atoms with van der Waals surface area (Å²) in [6, 6.07) is 0. The minimum Gasteiger partial charge on any atom is -0.479 e. The van der Waals surface area contributed by atoms with E-state index >= 15 is 0 Å². The minimum absolute atomic E-state index is 0.0562. The highest BCUT2D eigenvalue weighted by molar-refractivity contribution is 5.73. The summed E-state index contributed by atoms with van der Waals surface area (Å²) >= 11 is 0. The first-order chi connectivity index (χ1) is 19.6. The van der Waals surface area contributed by atoms with Crippen LogP contribution in [0.1, 0.15) is 47.5 Å². The van der Waals surface area contributed by atoms with E-state index in [1.807, 2.05) is 13.8 Å². The van der Waals surface area contributed by atoms with Gasteiger partial charge in [-0.2, -0.15) is 0 Å². The monoisotopic (exact) mass is 600 g/mol. The van der Waals surface area contributed by atoms with Crippen LogP contribution in [0.5, 0.6) is 0 Å². The third-order valence-electron chi connectivity index (χ3n) is 9.80. The number of carboxylic acids is 1. The average molecular weight is 601 g/mol. The van der Waals surface area contributed by atoms with Gasteiger partial charge in [-0.1, -0.05) is 26.8 Å². The number of esters is 2. The topological polar surface area (TPSA) is 211 Å². The van der Waals surface area contributed by atoms with E-state index in [1.54, 1.807) is 19.9 Å². The molecule has 2 aliphatic carbocycles. The van der Waals surface area contributed by atoms with Crippen molar-refractivity contribution in [2.75, 3.05) is 13.2 Å². The Bertz CT molecular complexity index is 1130. The van der Waals surface area contributed by atoms with E-state index in [0.29, 0.717) is 5.57 Å². The highest BCUT2D eigenvalue weighted by Gasteiger charge is 2.86. The first kappa shape index (κ1) is 31.3. The van der Waals surface area contributed by atoms with Crippen LogP contribution in [0.2, 0.25) is 0 Å². The predicted molar refractivity (Wildman–Crippen MR) is 137 cm³/mol. The largest absolute Gasteiger partial charge is 0.479 e. The number of carbonyl (C=O) groups excluding carboxylic acids is 2. The molecular weight excluding hydrogens is 560 g/mol. The van der Waals surface area contributed by atoms with Crippen molar-refractivity contribution in [1.82, 2.24) is 0 Å². The molecule has 0 radical (unpaired) electrons. The molecule has 0 aromatic heterocycles. The van der Waals surface area contributed by atoms with E-state index in [-0.39, 0.29) is 32.0 Å². The Morgan fingerprint density at radius 2 is 1.74 bits per heavy atom. The summed E-state index contributed by atoms with van der Waals surface area (Å²) in [5, 5.41) is 52.4. The third kappa shape index (κ3) is 4.58. The maximum atomic E-state index is 12.7. The van der Waals surface area contributed by atoms with Crippen molar-refractivity contribution in [3.05, 3.63) is 11.6 Å². The zero-order chi connectivity index (χ0) is 30.9. The summed E-state index contributed by atoms with van der Waals surface area (Å²) in [6.45, 7) is 8.50. The number of aliphatic hydroxyl groups excluding tert-OH is 4. The first-order valence-corrected chi connectivity index (χ1v) is 14.2. The van der Waals surface area contributed by atoms with E-state index in [0.717, 1.165) is 0 Å². The summed E-state index contributed by atoms with van der Waals surface area (Å²) in [5.74, 6) is -2.52. The molecule has 5 N–H and O–H groups in total. The molecule has 5 aliphatic rings. The van der Waals surface area contributed by atoms with Crippen molar-refractivity contribution in [1.29, 1.82) is 0 Å². The van der Waals surface area contributed by atoms with Gasteiger partial charge in [0.05, 0.1) is 18.8 Å². The van der Waals surface area contributed by atoms with E-state index in [2.05, 4.69) is 0 Å². The number of hydrogen-bond acceptors (Lipinski definition) is 13. The molecule has 0 amide bonds. The van der Waals surface area contributed by atoms with Gasteiger partial charge in [0.2, 0.25) is 0 Å². The Labute approximate surface area is 242 Å². The van der Waals surface area contributed by atoms with Gasteiger partial charge in [0.1, 0.15) is 48.8 Å². The second-order valence-corrected chi connectivity index (χ2v) is 12.8. The quantitative estimate of drug-likeness (QED) is 0.129. The molecule has 1 saturated carbocycles. The van der Waals surface area contributed by atoms with Gasteiger partial charge in [0.25, 0.3) is 0 Å². The van der Waals surface area contributed by atoms with E-state index in [4.69, 9.17) is 28.4 Å². The summed E-state index contributed by atoms with van der Waals surface area (Å²) in [4.78, 5) is 36.6. The molecule has 3 aliphatic heterocycles. The highest BCUT2D eigenvalue weighted by Crippen LogP contribution is 2.72. The van der Waals surface area contributed by atoms with Gasteiger partial charge >= 0.3 is 17.9 Å². The summed E-state index contributed by atoms with van der Waals surface area (Å²) < 4.78 is 35.5. The molecule has 14 heteroatoms. The molecule has 0 aromatic rings. The van der Waals surface area contributed by atoms with Crippen LogP contribution in [0, 0.1) is 16.7 Å². The third-order valence-corrected chi connectivity index (χ3v) is 9.80. The Morgan fingerprint density at radius 3 is 2.31 bits per heavy atom. The molecule has 5 rings (SSSR count). The average Bonchev–Trinajstić information content (AvgIpc) is 3.68. The molecule has 1 spiro atoms. The summed E-state index contributed by atoms with van der Waals surface area (Å²) in [7, 11) is 0. The molecule has 4 fully saturated rings. The summed E-state index contributed by atoms with van der Waals surface area (Å²) in [5.41, 5.74) is -2.89. The van der Waals surface area contributed by atoms with Gasteiger partial charge in [-0.3, -0.25) is 9.59 Å². The standard InChI is InChI=1S/C28H40O14/c1-11(2)6-16(30)39-14-8-27(9-37-13(4)29)15(7-12(14)3)40-23-20(34)22(26(27,5)28(23)10-38-28)42-25-19(33)17(31)18(32)21(41-25)24(35)36/h7,11,14-15,17-23,25,31-34H,6,8-10H2,1-5H3,(H,35,36)/t14-,15+,17-,18-,19+,20+,21-,22+,23+,25-,26+,27+,28-/m0/s1. The lowest BCUT2D eigenvalue weighted by Crippen LogP contribution is -2.68. The maximum Gasteiger partial charge on any atom is 0.335 e. The number of carbonyl (C=O) groups is 3. The molecular formula is C28H40O14. The fraction of sp³-hybridized carbons (Fsp3) is 0.821. The van der Waals surface area contributed by atoms with Crippen molar-refractivity contribution >= 4 is 17.9 Å². The molecule has 13 atom stereocenters. The molecule has 0 unspecified atom stereocenters. The van der Waals surface area contributed by atoms with Crippen molar-refractivity contribution in [2.24, 2.45) is 16.7 Å². The second-order valence-electron chi connectivity index (χ2n) is 12.8. The lowest BCUT2D eigenvalue weighted by atomic mass is 9.51. The lowest BCUT2D eigenvalue weighted by molar-refractivity contribution is -0.325. The van der Waals surface area contributed by atoms with Crippen molar-refractivity contribution in [2.45, 2.75) is 114 Å². The van der Waals surface area contributed by atoms with E-state index in [9.17, 15) is 39.9 Å². The van der Waals surface area contributed by atoms with Crippen LogP contribution in [0.4, 0.5) is 0 Å². The van der Waals surface area contributed by atoms with Crippen LogP contribution >= 0.6 is 0 Å².